The van der Waals surface area contributed by atoms with Crippen LogP contribution in [-0.4, -0.2) is 33.4 Å². The molecule has 1 aliphatic rings. The van der Waals surface area contributed by atoms with Crippen molar-refractivity contribution in [2.75, 3.05) is 13.1 Å². The lowest BCUT2D eigenvalue weighted by atomic mass is 9.93. The summed E-state index contributed by atoms with van der Waals surface area (Å²) in [4.78, 5) is 18.5. The summed E-state index contributed by atoms with van der Waals surface area (Å²) in [7, 11) is 0. The van der Waals surface area contributed by atoms with Crippen LogP contribution in [0.2, 0.25) is 0 Å². The van der Waals surface area contributed by atoms with E-state index in [9.17, 15) is 4.79 Å². The van der Waals surface area contributed by atoms with E-state index < -0.39 is 0 Å². The second-order valence-corrected chi connectivity index (χ2v) is 6.10. The van der Waals surface area contributed by atoms with Crippen LogP contribution in [0.5, 0.6) is 0 Å². The molecular formula is C17H23N3O2. The van der Waals surface area contributed by atoms with Gasteiger partial charge in [0.05, 0.1) is 6.26 Å². The Morgan fingerprint density at radius 1 is 1.36 bits per heavy atom. The molecule has 5 nitrogen and oxygen atoms in total. The highest BCUT2D eigenvalue weighted by atomic mass is 16.3. The first-order valence-corrected chi connectivity index (χ1v) is 7.96. The van der Waals surface area contributed by atoms with Crippen molar-refractivity contribution in [2.45, 2.75) is 39.7 Å². The van der Waals surface area contributed by atoms with E-state index in [1.807, 2.05) is 11.1 Å². The largest absolute Gasteiger partial charge is 0.459 e. The molecule has 1 saturated heterocycles. The fraction of sp³-hybridized carbons (Fsp3) is 0.529. The Labute approximate surface area is 130 Å². The molecule has 0 aliphatic carbocycles. The summed E-state index contributed by atoms with van der Waals surface area (Å²) >= 11 is 0. The monoisotopic (exact) mass is 301 g/mol. The smallest absolute Gasteiger partial charge is 0.289 e. The standard InChI is InChI=1S/C17H23N3O2/c1-13-12-18-14(2)20(13)10-7-15-5-8-19(9-6-15)17(21)16-4-3-11-22-16/h3-4,11-12,15H,5-10H2,1-2H3. The molecule has 3 heterocycles. The minimum absolute atomic E-state index is 0.0183. The molecule has 1 fully saturated rings. The Morgan fingerprint density at radius 3 is 2.73 bits per heavy atom. The number of hydrogen-bond acceptors (Lipinski definition) is 3. The van der Waals surface area contributed by atoms with Gasteiger partial charge in [-0.2, -0.15) is 0 Å². The first-order valence-electron chi connectivity index (χ1n) is 7.96. The molecule has 0 bridgehead atoms. The Balaban J connectivity index is 1.49. The van der Waals surface area contributed by atoms with Gasteiger partial charge in [0, 0.05) is 31.5 Å². The minimum Gasteiger partial charge on any atom is -0.459 e. The summed E-state index contributed by atoms with van der Waals surface area (Å²) in [6.45, 7) is 6.83. The summed E-state index contributed by atoms with van der Waals surface area (Å²) in [5, 5.41) is 0. The van der Waals surface area contributed by atoms with Gasteiger partial charge in [-0.3, -0.25) is 4.79 Å². The van der Waals surface area contributed by atoms with Crippen molar-refractivity contribution >= 4 is 5.91 Å². The zero-order valence-electron chi connectivity index (χ0n) is 13.3. The highest BCUT2D eigenvalue weighted by Crippen LogP contribution is 2.23. The molecule has 0 spiro atoms. The van der Waals surface area contributed by atoms with Crippen LogP contribution < -0.4 is 0 Å². The maximum atomic E-state index is 12.2. The molecule has 0 N–H and O–H groups in total. The Morgan fingerprint density at radius 2 is 2.14 bits per heavy atom. The van der Waals surface area contributed by atoms with Gasteiger partial charge in [0.25, 0.3) is 5.91 Å². The highest BCUT2D eigenvalue weighted by Gasteiger charge is 2.24. The lowest BCUT2D eigenvalue weighted by molar-refractivity contribution is 0.0653. The third-order valence-electron chi connectivity index (χ3n) is 4.65. The van der Waals surface area contributed by atoms with Crippen LogP contribution in [0.15, 0.2) is 29.0 Å². The number of amides is 1. The van der Waals surface area contributed by atoms with E-state index >= 15 is 0 Å². The van der Waals surface area contributed by atoms with Gasteiger partial charge in [-0.15, -0.1) is 0 Å². The SMILES string of the molecule is Cc1cnc(C)n1CCC1CCN(C(=O)c2ccco2)CC1. The van der Waals surface area contributed by atoms with E-state index in [4.69, 9.17) is 4.42 Å². The van der Waals surface area contributed by atoms with E-state index in [0.717, 1.165) is 44.7 Å². The number of rotatable bonds is 4. The van der Waals surface area contributed by atoms with Gasteiger partial charge in [0.2, 0.25) is 0 Å². The Kier molecular flexibility index (Phi) is 4.32. The molecule has 0 atom stereocenters. The molecule has 2 aromatic heterocycles. The summed E-state index contributed by atoms with van der Waals surface area (Å²) in [6, 6.07) is 3.49. The zero-order chi connectivity index (χ0) is 15.5. The van der Waals surface area contributed by atoms with Crippen LogP contribution in [0.25, 0.3) is 0 Å². The summed E-state index contributed by atoms with van der Waals surface area (Å²) in [5.74, 6) is 2.23. The molecule has 118 valence electrons. The minimum atomic E-state index is 0.0183. The maximum absolute atomic E-state index is 12.2. The van der Waals surface area contributed by atoms with Crippen molar-refractivity contribution in [1.29, 1.82) is 0 Å². The summed E-state index contributed by atoms with van der Waals surface area (Å²) < 4.78 is 7.47. The van der Waals surface area contributed by atoms with Gasteiger partial charge in [-0.05, 0) is 51.2 Å². The quantitative estimate of drug-likeness (QED) is 0.872. The Hall–Kier alpha value is -2.04. The van der Waals surface area contributed by atoms with Gasteiger partial charge in [-0.1, -0.05) is 0 Å². The lowest BCUT2D eigenvalue weighted by Crippen LogP contribution is -2.38. The number of nitrogens with zero attached hydrogens (tertiary/aromatic N) is 3. The molecule has 0 radical (unpaired) electrons. The summed E-state index contributed by atoms with van der Waals surface area (Å²) in [5.41, 5.74) is 1.22. The van der Waals surface area contributed by atoms with Crippen molar-refractivity contribution in [3.63, 3.8) is 0 Å². The maximum Gasteiger partial charge on any atom is 0.289 e. The van der Waals surface area contributed by atoms with Crippen molar-refractivity contribution in [3.8, 4) is 0 Å². The third-order valence-corrected chi connectivity index (χ3v) is 4.65. The molecule has 1 amide bonds. The molecule has 0 unspecified atom stereocenters. The molecule has 0 saturated carbocycles. The van der Waals surface area contributed by atoms with E-state index in [1.165, 1.54) is 5.69 Å². The number of furan rings is 1. The van der Waals surface area contributed by atoms with E-state index in [-0.39, 0.29) is 5.91 Å². The number of aryl methyl sites for hydroxylation is 2. The van der Waals surface area contributed by atoms with Crippen molar-refractivity contribution in [2.24, 2.45) is 5.92 Å². The van der Waals surface area contributed by atoms with E-state index in [0.29, 0.717) is 11.7 Å². The second kappa shape index (κ2) is 6.38. The number of piperidine rings is 1. The lowest BCUT2D eigenvalue weighted by Gasteiger charge is -2.31. The number of imidazole rings is 1. The van der Waals surface area contributed by atoms with Crippen LogP contribution in [0.4, 0.5) is 0 Å². The molecular weight excluding hydrogens is 278 g/mol. The number of carbonyl (C=O) groups is 1. The average Bonchev–Trinajstić information content (AvgIpc) is 3.17. The van der Waals surface area contributed by atoms with Crippen molar-refractivity contribution in [3.05, 3.63) is 41.9 Å². The number of hydrogen-bond donors (Lipinski definition) is 0. The van der Waals surface area contributed by atoms with Gasteiger partial charge < -0.3 is 13.9 Å². The molecule has 3 rings (SSSR count). The van der Waals surface area contributed by atoms with E-state index in [2.05, 4.69) is 23.4 Å². The fourth-order valence-corrected chi connectivity index (χ4v) is 3.21. The third kappa shape index (κ3) is 3.08. The fourth-order valence-electron chi connectivity index (χ4n) is 3.21. The number of carbonyl (C=O) groups excluding carboxylic acids is 1. The topological polar surface area (TPSA) is 51.3 Å². The van der Waals surface area contributed by atoms with Gasteiger partial charge in [-0.25, -0.2) is 4.98 Å². The van der Waals surface area contributed by atoms with Crippen LogP contribution in [-0.2, 0) is 6.54 Å². The van der Waals surface area contributed by atoms with Gasteiger partial charge >= 0.3 is 0 Å². The predicted molar refractivity (Wildman–Crippen MR) is 83.7 cm³/mol. The van der Waals surface area contributed by atoms with Crippen molar-refractivity contribution < 1.29 is 9.21 Å². The van der Waals surface area contributed by atoms with E-state index in [1.54, 1.807) is 18.4 Å². The van der Waals surface area contributed by atoms with Crippen molar-refractivity contribution in [1.82, 2.24) is 14.5 Å². The average molecular weight is 301 g/mol. The first-order chi connectivity index (χ1) is 10.6. The number of likely N-dealkylation sites (tertiary alicyclic amines) is 1. The number of aromatic nitrogens is 2. The van der Waals surface area contributed by atoms with Gasteiger partial charge in [0.15, 0.2) is 5.76 Å². The second-order valence-electron chi connectivity index (χ2n) is 6.10. The zero-order valence-corrected chi connectivity index (χ0v) is 13.3. The molecule has 0 aromatic carbocycles. The summed E-state index contributed by atoms with van der Waals surface area (Å²) in [6.07, 6.45) is 6.77. The molecule has 22 heavy (non-hydrogen) atoms. The highest BCUT2D eigenvalue weighted by molar-refractivity contribution is 5.91. The normalized spacial score (nSPS) is 16.2. The van der Waals surface area contributed by atoms with Crippen LogP contribution >= 0.6 is 0 Å². The van der Waals surface area contributed by atoms with Crippen LogP contribution in [0, 0.1) is 19.8 Å². The molecule has 1 aliphatic heterocycles. The molecule has 2 aromatic rings. The Bertz CT molecular complexity index is 603. The predicted octanol–water partition coefficient (Wildman–Crippen LogP) is 3.04. The van der Waals surface area contributed by atoms with Crippen LogP contribution in [0.3, 0.4) is 0 Å². The van der Waals surface area contributed by atoms with Gasteiger partial charge in [0.1, 0.15) is 5.82 Å². The van der Waals surface area contributed by atoms with Crippen LogP contribution in [0.1, 0.15) is 41.3 Å². The molecule has 5 heteroatoms. The first kappa shape index (κ1) is 14.9.